The van der Waals surface area contributed by atoms with Gasteiger partial charge < -0.3 is 19.5 Å². The number of hydrogen-bond donors (Lipinski definition) is 2. The van der Waals surface area contributed by atoms with Crippen molar-refractivity contribution in [1.29, 1.82) is 0 Å². The molecule has 2 amide bonds. The van der Waals surface area contributed by atoms with Crippen molar-refractivity contribution < 1.29 is 28.2 Å². The third-order valence-corrected chi connectivity index (χ3v) is 5.75. The van der Waals surface area contributed by atoms with Gasteiger partial charge >= 0.3 is 11.8 Å². The minimum atomic E-state index is -1.10. The molecule has 1 aromatic heterocycles. The maximum atomic E-state index is 13.6. The molecule has 5 atom stereocenters. The van der Waals surface area contributed by atoms with E-state index in [1.165, 1.54) is 4.90 Å². The number of carbonyl (C=O) groups is 2. The molecule has 0 aromatic carbocycles. The lowest BCUT2D eigenvalue weighted by Crippen LogP contribution is -2.52. The van der Waals surface area contributed by atoms with Crippen molar-refractivity contribution in [2.75, 3.05) is 13.2 Å². The number of fused-ring (bicyclic) bond motifs is 1. The first-order chi connectivity index (χ1) is 15.0. The molecule has 0 radical (unpaired) electrons. The lowest BCUT2D eigenvalue weighted by molar-refractivity contribution is -0.127. The maximum absolute atomic E-state index is 13.6. The summed E-state index contributed by atoms with van der Waals surface area (Å²) in [7, 11) is 0. The summed E-state index contributed by atoms with van der Waals surface area (Å²) in [4.78, 5) is 52.0. The highest BCUT2D eigenvalue weighted by molar-refractivity contribution is 5.86. The van der Waals surface area contributed by atoms with Crippen molar-refractivity contribution in [1.82, 2.24) is 19.8 Å². The van der Waals surface area contributed by atoms with Gasteiger partial charge in [-0.3, -0.25) is 24.0 Å². The van der Waals surface area contributed by atoms with Gasteiger partial charge in [0.15, 0.2) is 0 Å². The molecular weight excluding hydrogens is 427 g/mol. The number of aromatic nitrogens is 2. The number of aromatic amines is 1. The molecule has 0 spiro atoms. The summed E-state index contributed by atoms with van der Waals surface area (Å²) in [5.41, 5.74) is -2.56. The van der Waals surface area contributed by atoms with Crippen LogP contribution in [0, 0.1) is 5.82 Å². The maximum Gasteiger partial charge on any atom is 0.410 e. The summed E-state index contributed by atoms with van der Waals surface area (Å²) in [6.45, 7) is 5.93. The number of carbonyl (C=O) groups excluding carboxylic acids is 2. The summed E-state index contributed by atoms with van der Waals surface area (Å²) in [6.07, 6.45) is -0.0692. The second-order valence-electron chi connectivity index (χ2n) is 9.25. The molecule has 0 aliphatic carbocycles. The van der Waals surface area contributed by atoms with Gasteiger partial charge in [-0.1, -0.05) is 0 Å². The number of nitrogens with one attached hydrogen (secondary N) is 2. The number of halogens is 1. The topological polar surface area (TPSA) is 132 Å². The van der Waals surface area contributed by atoms with E-state index in [0.717, 1.165) is 10.8 Å². The van der Waals surface area contributed by atoms with E-state index in [1.807, 2.05) is 4.98 Å². The molecule has 4 heterocycles. The van der Waals surface area contributed by atoms with Crippen molar-refractivity contribution in [3.05, 3.63) is 32.9 Å². The Kier molecular flexibility index (Phi) is 5.84. The van der Waals surface area contributed by atoms with Crippen LogP contribution < -0.4 is 16.6 Å². The van der Waals surface area contributed by atoms with E-state index in [0.29, 0.717) is 19.4 Å². The van der Waals surface area contributed by atoms with Crippen LogP contribution in [-0.2, 0) is 19.0 Å². The standard InChI is InChI=1S/C20H27FN4O7/c1-20(2,3)32-19(29)24-6-4-5-12(24)17(27)22-11-9-30-13-7-14(31-15(11)13)25-8-10(21)16(26)23-18(25)28/h8,11-15H,4-7,9H2,1-3H3,(H,22,27)(H,23,26,28)/t11-,12+,13+,14+,15+/m0/s1. The molecular formula is C20H27FN4O7. The van der Waals surface area contributed by atoms with Crippen LogP contribution >= 0.6 is 0 Å². The molecule has 1 aromatic rings. The van der Waals surface area contributed by atoms with Crippen LogP contribution in [0.5, 0.6) is 0 Å². The molecule has 0 unspecified atom stereocenters. The Balaban J connectivity index is 1.41. The molecule has 3 aliphatic rings. The van der Waals surface area contributed by atoms with E-state index < -0.39 is 59.3 Å². The average Bonchev–Trinajstić information content (AvgIpc) is 3.40. The van der Waals surface area contributed by atoms with Crippen molar-refractivity contribution in [3.63, 3.8) is 0 Å². The van der Waals surface area contributed by atoms with Gasteiger partial charge in [0.25, 0.3) is 5.56 Å². The highest BCUT2D eigenvalue weighted by Crippen LogP contribution is 2.36. The normalized spacial score (nSPS) is 29.8. The van der Waals surface area contributed by atoms with Gasteiger partial charge in [-0.25, -0.2) is 9.59 Å². The Bertz CT molecular complexity index is 1020. The lowest BCUT2D eigenvalue weighted by atomic mass is 10.1. The second kappa shape index (κ2) is 8.32. The third-order valence-electron chi connectivity index (χ3n) is 5.75. The Labute approximate surface area is 182 Å². The average molecular weight is 454 g/mol. The van der Waals surface area contributed by atoms with Crippen molar-refractivity contribution in [2.24, 2.45) is 0 Å². The Morgan fingerprint density at radius 3 is 2.78 bits per heavy atom. The van der Waals surface area contributed by atoms with Crippen LogP contribution in [0.15, 0.2) is 15.8 Å². The van der Waals surface area contributed by atoms with Gasteiger partial charge in [0.2, 0.25) is 11.7 Å². The number of likely N-dealkylation sites (tertiary alicyclic amines) is 1. The zero-order chi connectivity index (χ0) is 23.2. The molecule has 32 heavy (non-hydrogen) atoms. The zero-order valence-corrected chi connectivity index (χ0v) is 18.1. The van der Waals surface area contributed by atoms with Gasteiger partial charge in [0, 0.05) is 13.0 Å². The molecule has 176 valence electrons. The van der Waals surface area contributed by atoms with Crippen LogP contribution in [0.2, 0.25) is 0 Å². The molecule has 12 heteroatoms. The Morgan fingerprint density at radius 2 is 2.06 bits per heavy atom. The molecule has 2 N–H and O–H groups in total. The highest BCUT2D eigenvalue weighted by atomic mass is 19.1. The van der Waals surface area contributed by atoms with Crippen LogP contribution in [0.1, 0.15) is 46.3 Å². The van der Waals surface area contributed by atoms with E-state index in [-0.39, 0.29) is 18.9 Å². The number of ether oxygens (including phenoxy) is 3. The third kappa shape index (κ3) is 4.42. The number of hydrogen-bond acceptors (Lipinski definition) is 7. The van der Waals surface area contributed by atoms with Crippen LogP contribution in [0.3, 0.4) is 0 Å². The second-order valence-corrected chi connectivity index (χ2v) is 9.25. The van der Waals surface area contributed by atoms with E-state index in [9.17, 15) is 23.6 Å². The smallest absolute Gasteiger partial charge is 0.410 e. The van der Waals surface area contributed by atoms with E-state index in [1.54, 1.807) is 20.8 Å². The molecule has 3 fully saturated rings. The largest absolute Gasteiger partial charge is 0.444 e. The SMILES string of the molecule is CC(C)(C)OC(=O)N1CCC[C@@H]1C(=O)N[C@H]1CO[C@@H]2C[C@H](n3cc(F)c(=O)[nH]c3=O)O[C@H]12. The Hall–Kier alpha value is -2.73. The van der Waals surface area contributed by atoms with Crippen LogP contribution in [-0.4, -0.2) is 69.5 Å². The van der Waals surface area contributed by atoms with E-state index >= 15 is 0 Å². The molecule has 11 nitrogen and oxygen atoms in total. The number of H-pyrrole nitrogens is 1. The number of amides is 2. The summed E-state index contributed by atoms with van der Waals surface area (Å²) in [5.74, 6) is -1.43. The summed E-state index contributed by atoms with van der Waals surface area (Å²) in [6, 6.07) is -1.15. The van der Waals surface area contributed by atoms with Gasteiger partial charge in [-0.2, -0.15) is 4.39 Å². The predicted octanol–water partition coefficient (Wildman–Crippen LogP) is 0.246. The molecule has 0 saturated carbocycles. The minimum absolute atomic E-state index is 0.210. The van der Waals surface area contributed by atoms with Gasteiger partial charge in [0.05, 0.1) is 24.9 Å². The molecule has 0 bridgehead atoms. The first kappa shape index (κ1) is 22.5. The van der Waals surface area contributed by atoms with Crippen molar-refractivity contribution >= 4 is 12.0 Å². The van der Waals surface area contributed by atoms with Gasteiger partial charge in [-0.05, 0) is 33.6 Å². The summed E-state index contributed by atoms with van der Waals surface area (Å²) in [5, 5.41) is 2.89. The van der Waals surface area contributed by atoms with Gasteiger partial charge in [0.1, 0.15) is 24.0 Å². The minimum Gasteiger partial charge on any atom is -0.444 e. The van der Waals surface area contributed by atoms with Crippen LogP contribution in [0.4, 0.5) is 9.18 Å². The lowest BCUT2D eigenvalue weighted by Gasteiger charge is -2.29. The predicted molar refractivity (Wildman–Crippen MR) is 107 cm³/mol. The van der Waals surface area contributed by atoms with Crippen molar-refractivity contribution in [3.8, 4) is 0 Å². The highest BCUT2D eigenvalue weighted by Gasteiger charge is 2.48. The van der Waals surface area contributed by atoms with Crippen LogP contribution in [0.25, 0.3) is 0 Å². The summed E-state index contributed by atoms with van der Waals surface area (Å²) < 4.78 is 31.6. The van der Waals surface area contributed by atoms with E-state index in [4.69, 9.17) is 14.2 Å². The number of rotatable bonds is 3. The monoisotopic (exact) mass is 454 g/mol. The van der Waals surface area contributed by atoms with E-state index in [2.05, 4.69) is 5.32 Å². The number of nitrogens with zero attached hydrogens (tertiary/aromatic N) is 2. The molecule has 3 saturated heterocycles. The molecule has 3 aliphatic heterocycles. The fourth-order valence-electron chi connectivity index (χ4n) is 4.33. The molecule has 4 rings (SSSR count). The Morgan fingerprint density at radius 1 is 1.31 bits per heavy atom. The zero-order valence-electron chi connectivity index (χ0n) is 18.1. The quantitative estimate of drug-likeness (QED) is 0.669. The van der Waals surface area contributed by atoms with Gasteiger partial charge in [-0.15, -0.1) is 0 Å². The fraction of sp³-hybridized carbons (Fsp3) is 0.700. The fourth-order valence-corrected chi connectivity index (χ4v) is 4.33. The first-order valence-electron chi connectivity index (χ1n) is 10.6. The van der Waals surface area contributed by atoms with Crippen molar-refractivity contribution in [2.45, 2.75) is 76.2 Å². The summed E-state index contributed by atoms with van der Waals surface area (Å²) >= 11 is 0. The first-order valence-corrected chi connectivity index (χ1v) is 10.6.